The Balaban J connectivity index is 2.04. The summed E-state index contributed by atoms with van der Waals surface area (Å²) in [5.41, 5.74) is 1.46. The van der Waals surface area contributed by atoms with E-state index in [1.54, 1.807) is 18.2 Å². The van der Waals surface area contributed by atoms with Crippen LogP contribution in [0, 0.1) is 0 Å². The maximum absolute atomic E-state index is 12.0. The highest BCUT2D eigenvalue weighted by Crippen LogP contribution is 2.16. The van der Waals surface area contributed by atoms with Crippen molar-refractivity contribution in [3.8, 4) is 0 Å². The van der Waals surface area contributed by atoms with Crippen molar-refractivity contribution < 1.29 is 13.2 Å². The summed E-state index contributed by atoms with van der Waals surface area (Å²) in [6.07, 6.45) is 3.14. The van der Waals surface area contributed by atoms with Gasteiger partial charge in [0.15, 0.2) is 0 Å². The van der Waals surface area contributed by atoms with Gasteiger partial charge in [-0.1, -0.05) is 30.3 Å². The lowest BCUT2D eigenvalue weighted by Gasteiger charge is -2.11. The fourth-order valence-corrected chi connectivity index (χ4v) is 2.74. The molecule has 0 bridgehead atoms. The van der Waals surface area contributed by atoms with Gasteiger partial charge in [0.2, 0.25) is 15.9 Å². The molecule has 0 unspecified atom stereocenters. The van der Waals surface area contributed by atoms with E-state index in [1.165, 1.54) is 32.3 Å². The van der Waals surface area contributed by atoms with Gasteiger partial charge in [-0.05, 0) is 35.9 Å². The maximum atomic E-state index is 12.0. The summed E-state index contributed by atoms with van der Waals surface area (Å²) in [7, 11) is -0.518. The van der Waals surface area contributed by atoms with Crippen molar-refractivity contribution in [3.63, 3.8) is 0 Å². The van der Waals surface area contributed by atoms with Gasteiger partial charge in [-0.3, -0.25) is 4.79 Å². The van der Waals surface area contributed by atoms with Gasteiger partial charge in [0.25, 0.3) is 0 Å². The molecule has 23 heavy (non-hydrogen) atoms. The van der Waals surface area contributed by atoms with Crippen LogP contribution in [-0.4, -0.2) is 32.7 Å². The van der Waals surface area contributed by atoms with Crippen LogP contribution in [0.5, 0.6) is 0 Å². The number of rotatable bonds is 5. The number of anilines is 1. The SMILES string of the molecule is CN(C)S(=O)(=O)c1ccc(NC(=O)C=Cc2ccccc2)cc1. The van der Waals surface area contributed by atoms with Crippen molar-refractivity contribution in [2.75, 3.05) is 19.4 Å². The summed E-state index contributed by atoms with van der Waals surface area (Å²) in [5.74, 6) is -0.280. The summed E-state index contributed by atoms with van der Waals surface area (Å²) < 4.78 is 25.0. The normalized spacial score (nSPS) is 11.8. The number of amides is 1. The van der Waals surface area contributed by atoms with Gasteiger partial charge in [0, 0.05) is 25.9 Å². The molecule has 5 nitrogen and oxygen atoms in total. The van der Waals surface area contributed by atoms with Crippen molar-refractivity contribution in [3.05, 3.63) is 66.2 Å². The van der Waals surface area contributed by atoms with E-state index in [4.69, 9.17) is 0 Å². The van der Waals surface area contributed by atoms with E-state index in [2.05, 4.69) is 5.32 Å². The first-order chi connectivity index (χ1) is 10.9. The van der Waals surface area contributed by atoms with Gasteiger partial charge in [-0.25, -0.2) is 12.7 Å². The van der Waals surface area contributed by atoms with Crippen molar-refractivity contribution >= 4 is 27.7 Å². The first kappa shape index (κ1) is 16.9. The van der Waals surface area contributed by atoms with Crippen LogP contribution in [0.3, 0.4) is 0 Å². The van der Waals surface area contributed by atoms with E-state index >= 15 is 0 Å². The highest BCUT2D eigenvalue weighted by atomic mass is 32.2. The Labute approximate surface area is 136 Å². The van der Waals surface area contributed by atoms with Crippen LogP contribution in [0.25, 0.3) is 6.08 Å². The van der Waals surface area contributed by atoms with E-state index in [0.29, 0.717) is 5.69 Å². The Hall–Kier alpha value is -2.44. The first-order valence-electron chi connectivity index (χ1n) is 6.96. The Kier molecular flexibility index (Phi) is 5.31. The van der Waals surface area contributed by atoms with E-state index in [9.17, 15) is 13.2 Å². The average Bonchev–Trinajstić information content (AvgIpc) is 2.54. The van der Waals surface area contributed by atoms with Gasteiger partial charge in [-0.2, -0.15) is 0 Å². The molecule has 1 N–H and O–H groups in total. The number of hydrogen-bond acceptors (Lipinski definition) is 3. The van der Waals surface area contributed by atoms with E-state index < -0.39 is 10.0 Å². The van der Waals surface area contributed by atoms with Crippen LogP contribution in [-0.2, 0) is 14.8 Å². The molecule has 2 rings (SSSR count). The molecular formula is C17H18N2O3S. The lowest BCUT2D eigenvalue weighted by molar-refractivity contribution is -0.111. The number of carbonyl (C=O) groups is 1. The van der Waals surface area contributed by atoms with E-state index in [0.717, 1.165) is 9.87 Å². The molecule has 0 heterocycles. The molecule has 0 saturated carbocycles. The molecule has 0 aliphatic rings. The summed E-state index contributed by atoms with van der Waals surface area (Å²) >= 11 is 0. The fraction of sp³-hybridized carbons (Fsp3) is 0.118. The highest BCUT2D eigenvalue weighted by Gasteiger charge is 2.16. The maximum Gasteiger partial charge on any atom is 0.248 e. The molecule has 0 atom stereocenters. The van der Waals surface area contributed by atoms with Gasteiger partial charge in [0.1, 0.15) is 0 Å². The van der Waals surface area contributed by atoms with Gasteiger partial charge >= 0.3 is 0 Å². The predicted octanol–water partition coefficient (Wildman–Crippen LogP) is 2.59. The zero-order valence-electron chi connectivity index (χ0n) is 12.9. The minimum atomic E-state index is -3.46. The Bertz CT molecular complexity index is 795. The molecule has 0 spiro atoms. The molecule has 0 aliphatic heterocycles. The lowest BCUT2D eigenvalue weighted by atomic mass is 10.2. The third-order valence-corrected chi connectivity index (χ3v) is 4.96. The predicted molar refractivity (Wildman–Crippen MR) is 91.4 cm³/mol. The first-order valence-corrected chi connectivity index (χ1v) is 8.40. The van der Waals surface area contributed by atoms with E-state index in [1.807, 2.05) is 30.3 Å². The second kappa shape index (κ2) is 7.21. The summed E-state index contributed by atoms with van der Waals surface area (Å²) in [6.45, 7) is 0. The molecule has 120 valence electrons. The van der Waals surface area contributed by atoms with Gasteiger partial charge in [0.05, 0.1) is 4.90 Å². The molecule has 0 radical (unpaired) electrons. The standard InChI is InChI=1S/C17H18N2O3S/c1-19(2)23(21,22)16-11-9-15(10-12-16)18-17(20)13-8-14-6-4-3-5-7-14/h3-13H,1-2H3,(H,18,20). The van der Waals surface area contributed by atoms with Crippen LogP contribution < -0.4 is 5.32 Å². The highest BCUT2D eigenvalue weighted by molar-refractivity contribution is 7.89. The second-order valence-electron chi connectivity index (χ2n) is 5.05. The van der Waals surface area contributed by atoms with Crippen molar-refractivity contribution in [2.45, 2.75) is 4.90 Å². The van der Waals surface area contributed by atoms with Crippen molar-refractivity contribution in [2.24, 2.45) is 0 Å². The smallest absolute Gasteiger partial charge is 0.248 e. The van der Waals surface area contributed by atoms with Crippen molar-refractivity contribution in [1.82, 2.24) is 4.31 Å². The molecule has 0 aromatic heterocycles. The Morgan fingerprint density at radius 3 is 2.17 bits per heavy atom. The number of sulfonamides is 1. The van der Waals surface area contributed by atoms with Gasteiger partial charge in [-0.15, -0.1) is 0 Å². The molecule has 1 amide bonds. The minimum absolute atomic E-state index is 0.181. The monoisotopic (exact) mass is 330 g/mol. The molecule has 0 aliphatic carbocycles. The topological polar surface area (TPSA) is 66.5 Å². The third kappa shape index (κ3) is 4.51. The zero-order valence-corrected chi connectivity index (χ0v) is 13.7. The van der Waals surface area contributed by atoms with E-state index in [-0.39, 0.29) is 10.8 Å². The summed E-state index contributed by atoms with van der Waals surface area (Å²) in [6, 6.07) is 15.5. The number of carbonyl (C=O) groups excluding carboxylic acids is 1. The van der Waals surface area contributed by atoms with Gasteiger partial charge < -0.3 is 5.32 Å². The Morgan fingerprint density at radius 1 is 1.00 bits per heavy atom. The quantitative estimate of drug-likeness (QED) is 0.857. The molecular weight excluding hydrogens is 312 g/mol. The van der Waals surface area contributed by atoms with Crippen molar-refractivity contribution in [1.29, 1.82) is 0 Å². The molecule has 2 aromatic rings. The number of nitrogens with zero attached hydrogens (tertiary/aromatic N) is 1. The fourth-order valence-electron chi connectivity index (χ4n) is 1.84. The number of benzene rings is 2. The van der Waals surface area contributed by atoms with Crippen LogP contribution in [0.2, 0.25) is 0 Å². The molecule has 6 heteroatoms. The third-order valence-electron chi connectivity index (χ3n) is 3.13. The number of nitrogens with one attached hydrogen (secondary N) is 1. The molecule has 0 fully saturated rings. The van der Waals surface area contributed by atoms with Crippen LogP contribution in [0.1, 0.15) is 5.56 Å². The van der Waals surface area contributed by atoms with Crippen LogP contribution in [0.15, 0.2) is 65.6 Å². The largest absolute Gasteiger partial charge is 0.323 e. The number of hydrogen-bond donors (Lipinski definition) is 1. The second-order valence-corrected chi connectivity index (χ2v) is 7.20. The minimum Gasteiger partial charge on any atom is -0.323 e. The summed E-state index contributed by atoms with van der Waals surface area (Å²) in [5, 5.41) is 2.69. The lowest BCUT2D eigenvalue weighted by Crippen LogP contribution is -2.22. The molecule has 0 saturated heterocycles. The Morgan fingerprint density at radius 2 is 1.61 bits per heavy atom. The van der Waals surface area contributed by atoms with Crippen LogP contribution in [0.4, 0.5) is 5.69 Å². The zero-order chi connectivity index (χ0) is 16.9. The molecule has 2 aromatic carbocycles. The average molecular weight is 330 g/mol. The summed E-state index contributed by atoms with van der Waals surface area (Å²) in [4.78, 5) is 12.0. The van der Waals surface area contributed by atoms with Crippen LogP contribution >= 0.6 is 0 Å².